The number of nitrogens with one attached hydrogen (secondary N) is 2. The highest BCUT2D eigenvalue weighted by atomic mass is 16.6. The van der Waals surface area contributed by atoms with Crippen LogP contribution in [0, 0.1) is 17.0 Å². The van der Waals surface area contributed by atoms with E-state index in [4.69, 9.17) is 0 Å². The third-order valence-corrected chi connectivity index (χ3v) is 4.40. The summed E-state index contributed by atoms with van der Waals surface area (Å²) in [4.78, 5) is 22.8. The average molecular weight is 375 g/mol. The zero-order valence-corrected chi connectivity index (χ0v) is 15.5. The molecule has 3 aromatic carbocycles. The summed E-state index contributed by atoms with van der Waals surface area (Å²) < 4.78 is 0. The lowest BCUT2D eigenvalue weighted by Crippen LogP contribution is -2.22. The molecule has 142 valence electrons. The van der Waals surface area contributed by atoms with Crippen molar-refractivity contribution in [3.05, 3.63) is 99.6 Å². The van der Waals surface area contributed by atoms with E-state index in [1.165, 1.54) is 17.7 Å². The predicted molar refractivity (Wildman–Crippen MR) is 111 cm³/mol. The molecule has 6 nitrogen and oxygen atoms in total. The van der Waals surface area contributed by atoms with Gasteiger partial charge in [-0.3, -0.25) is 14.9 Å². The molecule has 0 radical (unpaired) electrons. The zero-order valence-electron chi connectivity index (χ0n) is 15.5. The third-order valence-electron chi connectivity index (χ3n) is 4.40. The number of carbonyl (C=O) groups is 1. The van der Waals surface area contributed by atoms with Crippen molar-refractivity contribution >= 4 is 23.0 Å². The monoisotopic (exact) mass is 375 g/mol. The SMILES string of the molecule is Cc1ccc([N+](=O)[O-])cc1NC(=O)CNc1ccccc1Cc1ccccc1. The average Bonchev–Trinajstić information content (AvgIpc) is 2.69. The molecule has 0 atom stereocenters. The van der Waals surface area contributed by atoms with E-state index >= 15 is 0 Å². The van der Waals surface area contributed by atoms with Crippen molar-refractivity contribution < 1.29 is 9.72 Å². The van der Waals surface area contributed by atoms with Crippen LogP contribution in [0.4, 0.5) is 17.1 Å². The van der Waals surface area contributed by atoms with Gasteiger partial charge in [0.15, 0.2) is 0 Å². The standard InChI is InChI=1S/C22H21N3O3/c1-16-11-12-19(25(27)28)14-21(16)24-22(26)15-23-20-10-6-5-9-18(20)13-17-7-3-2-4-8-17/h2-12,14,23H,13,15H2,1H3,(H,24,26). The Morgan fingerprint density at radius 3 is 2.43 bits per heavy atom. The molecule has 0 spiro atoms. The number of nitro benzene ring substituents is 1. The molecule has 0 aromatic heterocycles. The fourth-order valence-corrected chi connectivity index (χ4v) is 2.89. The first-order valence-corrected chi connectivity index (χ1v) is 8.93. The molecular formula is C22H21N3O3. The highest BCUT2D eigenvalue weighted by Crippen LogP contribution is 2.22. The Bertz CT molecular complexity index is 987. The lowest BCUT2D eigenvalue weighted by molar-refractivity contribution is -0.384. The molecule has 1 amide bonds. The number of nitro groups is 1. The van der Waals surface area contributed by atoms with Crippen molar-refractivity contribution in [1.82, 2.24) is 0 Å². The van der Waals surface area contributed by atoms with Gasteiger partial charge in [-0.05, 0) is 36.1 Å². The van der Waals surface area contributed by atoms with Crippen molar-refractivity contribution in [1.29, 1.82) is 0 Å². The minimum atomic E-state index is -0.479. The van der Waals surface area contributed by atoms with E-state index in [-0.39, 0.29) is 18.1 Å². The Labute approximate surface area is 163 Å². The van der Waals surface area contributed by atoms with Crippen LogP contribution in [0.5, 0.6) is 0 Å². The van der Waals surface area contributed by atoms with Gasteiger partial charge in [0.2, 0.25) is 5.91 Å². The van der Waals surface area contributed by atoms with Gasteiger partial charge < -0.3 is 10.6 Å². The normalized spacial score (nSPS) is 10.3. The van der Waals surface area contributed by atoms with Gasteiger partial charge in [-0.15, -0.1) is 0 Å². The quantitative estimate of drug-likeness (QED) is 0.469. The predicted octanol–water partition coefficient (Wildman–Crippen LogP) is 4.54. The molecule has 0 bridgehead atoms. The van der Waals surface area contributed by atoms with Gasteiger partial charge in [-0.1, -0.05) is 54.6 Å². The van der Waals surface area contributed by atoms with Gasteiger partial charge in [-0.2, -0.15) is 0 Å². The van der Waals surface area contributed by atoms with Crippen molar-refractivity contribution in [2.24, 2.45) is 0 Å². The van der Waals surface area contributed by atoms with Gasteiger partial charge in [0.25, 0.3) is 5.69 Å². The van der Waals surface area contributed by atoms with Crippen LogP contribution in [0.3, 0.4) is 0 Å². The molecule has 0 unspecified atom stereocenters. The van der Waals surface area contributed by atoms with E-state index < -0.39 is 4.92 Å². The lowest BCUT2D eigenvalue weighted by atomic mass is 10.0. The fraction of sp³-hybridized carbons (Fsp3) is 0.136. The lowest BCUT2D eigenvalue weighted by Gasteiger charge is -2.13. The second-order valence-electron chi connectivity index (χ2n) is 6.48. The Kier molecular flexibility index (Phi) is 6.01. The molecule has 0 heterocycles. The Balaban J connectivity index is 1.65. The van der Waals surface area contributed by atoms with Crippen molar-refractivity contribution in [3.63, 3.8) is 0 Å². The molecule has 6 heteroatoms. The minimum absolute atomic E-state index is 0.0536. The van der Waals surface area contributed by atoms with Crippen LogP contribution < -0.4 is 10.6 Å². The summed E-state index contributed by atoms with van der Waals surface area (Å²) in [5.74, 6) is -0.266. The highest BCUT2D eigenvalue weighted by Gasteiger charge is 2.11. The van der Waals surface area contributed by atoms with Crippen LogP contribution >= 0.6 is 0 Å². The maximum absolute atomic E-state index is 12.3. The molecule has 0 aliphatic heterocycles. The third kappa shape index (κ3) is 4.94. The van der Waals surface area contributed by atoms with Gasteiger partial charge in [-0.25, -0.2) is 0 Å². The topological polar surface area (TPSA) is 84.3 Å². The number of benzene rings is 3. The minimum Gasteiger partial charge on any atom is -0.376 e. The Morgan fingerprint density at radius 2 is 1.68 bits per heavy atom. The highest BCUT2D eigenvalue weighted by molar-refractivity contribution is 5.94. The van der Waals surface area contributed by atoms with Gasteiger partial charge in [0, 0.05) is 17.8 Å². The summed E-state index contributed by atoms with van der Waals surface area (Å²) in [6.07, 6.45) is 0.760. The molecular weight excluding hydrogens is 354 g/mol. The van der Waals surface area contributed by atoms with Crippen LogP contribution in [0.15, 0.2) is 72.8 Å². The zero-order chi connectivity index (χ0) is 19.9. The summed E-state index contributed by atoms with van der Waals surface area (Å²) in [6, 6.07) is 22.4. The number of anilines is 2. The van der Waals surface area contributed by atoms with Crippen LogP contribution in [-0.2, 0) is 11.2 Å². The molecule has 0 aliphatic rings. The molecule has 3 aromatic rings. The van der Waals surface area contributed by atoms with E-state index in [1.54, 1.807) is 13.0 Å². The van der Waals surface area contributed by atoms with Crippen LogP contribution in [0.25, 0.3) is 0 Å². The summed E-state index contributed by atoms with van der Waals surface area (Å²) in [5, 5.41) is 16.8. The van der Waals surface area contributed by atoms with Crippen molar-refractivity contribution in [2.75, 3.05) is 17.2 Å². The summed E-state index contributed by atoms with van der Waals surface area (Å²) in [6.45, 7) is 1.86. The van der Waals surface area contributed by atoms with Gasteiger partial charge >= 0.3 is 0 Å². The second-order valence-corrected chi connectivity index (χ2v) is 6.48. The van der Waals surface area contributed by atoms with E-state index in [2.05, 4.69) is 22.8 Å². The van der Waals surface area contributed by atoms with E-state index in [9.17, 15) is 14.9 Å². The smallest absolute Gasteiger partial charge is 0.271 e. The Hall–Kier alpha value is -3.67. The fourth-order valence-electron chi connectivity index (χ4n) is 2.89. The number of hydrogen-bond donors (Lipinski definition) is 2. The van der Waals surface area contributed by atoms with Crippen LogP contribution in [0.1, 0.15) is 16.7 Å². The van der Waals surface area contributed by atoms with E-state index in [0.29, 0.717) is 5.69 Å². The van der Waals surface area contributed by atoms with E-state index in [0.717, 1.165) is 23.2 Å². The number of aryl methyl sites for hydroxylation is 1. The van der Waals surface area contributed by atoms with Gasteiger partial charge in [0.1, 0.15) is 0 Å². The number of hydrogen-bond acceptors (Lipinski definition) is 4. The Morgan fingerprint density at radius 1 is 0.964 bits per heavy atom. The first kappa shape index (κ1) is 19.1. The first-order valence-electron chi connectivity index (χ1n) is 8.93. The molecule has 0 saturated carbocycles. The largest absolute Gasteiger partial charge is 0.376 e. The van der Waals surface area contributed by atoms with Gasteiger partial charge in [0.05, 0.1) is 17.2 Å². The maximum atomic E-state index is 12.3. The van der Waals surface area contributed by atoms with Crippen molar-refractivity contribution in [3.8, 4) is 0 Å². The summed E-state index contributed by atoms with van der Waals surface area (Å²) in [5.41, 5.74) is 4.32. The number of nitrogens with zero attached hydrogens (tertiary/aromatic N) is 1. The molecule has 2 N–H and O–H groups in total. The molecule has 3 rings (SSSR count). The molecule has 0 saturated heterocycles. The number of carbonyl (C=O) groups excluding carboxylic acids is 1. The molecule has 28 heavy (non-hydrogen) atoms. The summed E-state index contributed by atoms with van der Waals surface area (Å²) >= 11 is 0. The molecule has 0 fully saturated rings. The van der Waals surface area contributed by atoms with Crippen LogP contribution in [-0.4, -0.2) is 17.4 Å². The first-order chi connectivity index (χ1) is 13.5. The van der Waals surface area contributed by atoms with E-state index in [1.807, 2.05) is 42.5 Å². The maximum Gasteiger partial charge on any atom is 0.271 e. The number of non-ortho nitro benzene ring substituents is 1. The number of rotatable bonds is 7. The molecule has 0 aliphatic carbocycles. The number of para-hydroxylation sites is 1. The number of amides is 1. The van der Waals surface area contributed by atoms with Crippen molar-refractivity contribution in [2.45, 2.75) is 13.3 Å². The summed E-state index contributed by atoms with van der Waals surface area (Å²) in [7, 11) is 0. The van der Waals surface area contributed by atoms with Crippen LogP contribution in [0.2, 0.25) is 0 Å². The second kappa shape index (κ2) is 8.81.